The summed E-state index contributed by atoms with van der Waals surface area (Å²) in [6, 6.07) is 0. The first kappa shape index (κ1) is 26.5. The zero-order valence-corrected chi connectivity index (χ0v) is 18.9. The number of Topliss-reactive ketones (excluding diaryl/α,β-unsaturated/α-hetero) is 2. The summed E-state index contributed by atoms with van der Waals surface area (Å²) >= 11 is 3.26. The minimum absolute atomic E-state index is 0.0269. The first-order valence-corrected chi connectivity index (χ1v) is 11.0. The average Bonchev–Trinajstić information content (AvgIpc) is 2.66. The number of unbranched alkanes of at least 4 members (excludes halogenated alkanes) is 1. The molecule has 0 heterocycles. The molecule has 0 spiro atoms. The van der Waals surface area contributed by atoms with Crippen LogP contribution in [0.4, 0.5) is 0 Å². The Morgan fingerprint density at radius 1 is 1.07 bits per heavy atom. The summed E-state index contributed by atoms with van der Waals surface area (Å²) in [5.41, 5.74) is -0.399. The molecule has 1 rings (SSSR count). The van der Waals surface area contributed by atoms with Crippen LogP contribution in [0.2, 0.25) is 0 Å². The van der Waals surface area contributed by atoms with Gasteiger partial charge in [-0.05, 0) is 52.9 Å². The Balaban J connectivity index is 0.000000521. The van der Waals surface area contributed by atoms with Crippen molar-refractivity contribution in [1.82, 2.24) is 0 Å². The highest BCUT2D eigenvalue weighted by atomic mass is 79.9. The van der Waals surface area contributed by atoms with Gasteiger partial charge in [-0.15, -0.1) is 0 Å². The van der Waals surface area contributed by atoms with Gasteiger partial charge in [-0.3, -0.25) is 9.59 Å². The van der Waals surface area contributed by atoms with Crippen LogP contribution < -0.4 is 0 Å². The number of hydrogen-bond donors (Lipinski definition) is 0. The average molecular weight is 461 g/mol. The Hall–Kier alpha value is -1.50. The van der Waals surface area contributed by atoms with Crippen LogP contribution in [0, 0.1) is 5.41 Å². The molecule has 1 unspecified atom stereocenters. The lowest BCUT2D eigenvalue weighted by atomic mass is 9.74. The molecule has 0 aromatic heterocycles. The normalized spacial score (nSPS) is 18.5. The van der Waals surface area contributed by atoms with Gasteiger partial charge in [0.2, 0.25) is 0 Å². The number of ketones is 2. The summed E-state index contributed by atoms with van der Waals surface area (Å²) in [4.78, 5) is 45.1. The maximum atomic E-state index is 11.7. The molecule has 0 amide bonds. The van der Waals surface area contributed by atoms with E-state index in [1.165, 1.54) is 0 Å². The van der Waals surface area contributed by atoms with Crippen molar-refractivity contribution in [2.75, 3.05) is 18.5 Å². The van der Waals surface area contributed by atoms with Gasteiger partial charge in [0.1, 0.15) is 11.2 Å². The molecule has 1 saturated carbocycles. The standard InChI is InChI=1S/C11H18O3.C10H15BrO3/c1-4-14-11(13)9(2)7-5-6-8-10(3)12;1-2-14-9(13)10(7-11)6-4-3-5-8(10)12/h2,4-8H2,1,3H3;2-7H2,1H3. The Labute approximate surface area is 176 Å². The third-order valence-electron chi connectivity index (χ3n) is 4.51. The molecule has 7 heteroatoms. The van der Waals surface area contributed by atoms with E-state index in [1.807, 2.05) is 0 Å². The fraction of sp³-hybridized carbons (Fsp3) is 0.714. The monoisotopic (exact) mass is 460 g/mol. The van der Waals surface area contributed by atoms with Crippen LogP contribution in [-0.2, 0) is 28.7 Å². The van der Waals surface area contributed by atoms with E-state index in [0.29, 0.717) is 49.8 Å². The molecular formula is C21H33BrO6. The van der Waals surface area contributed by atoms with Crippen LogP contribution in [0.1, 0.15) is 72.1 Å². The van der Waals surface area contributed by atoms with Gasteiger partial charge in [-0.1, -0.05) is 28.9 Å². The fourth-order valence-electron chi connectivity index (χ4n) is 2.82. The zero-order valence-electron chi connectivity index (χ0n) is 17.3. The number of carbonyl (C=O) groups is 4. The summed E-state index contributed by atoms with van der Waals surface area (Å²) < 4.78 is 9.73. The second kappa shape index (κ2) is 14.5. The van der Waals surface area contributed by atoms with E-state index in [2.05, 4.69) is 22.5 Å². The third-order valence-corrected chi connectivity index (χ3v) is 5.46. The molecular weight excluding hydrogens is 428 g/mol. The molecule has 0 aromatic rings. The summed E-state index contributed by atoms with van der Waals surface area (Å²) in [7, 11) is 0. The van der Waals surface area contributed by atoms with Crippen molar-refractivity contribution in [2.45, 2.75) is 72.1 Å². The van der Waals surface area contributed by atoms with E-state index in [1.54, 1.807) is 20.8 Å². The van der Waals surface area contributed by atoms with Crippen molar-refractivity contribution in [3.05, 3.63) is 12.2 Å². The lowest BCUT2D eigenvalue weighted by Gasteiger charge is -2.31. The van der Waals surface area contributed by atoms with Crippen molar-refractivity contribution < 1.29 is 28.7 Å². The molecule has 0 saturated heterocycles. The minimum Gasteiger partial charge on any atom is -0.465 e. The predicted octanol–water partition coefficient (Wildman–Crippen LogP) is 4.33. The van der Waals surface area contributed by atoms with E-state index in [4.69, 9.17) is 9.47 Å². The highest BCUT2D eigenvalue weighted by Gasteiger charge is 2.46. The van der Waals surface area contributed by atoms with Crippen molar-refractivity contribution in [2.24, 2.45) is 5.41 Å². The van der Waals surface area contributed by atoms with Crippen molar-refractivity contribution in [3.8, 4) is 0 Å². The van der Waals surface area contributed by atoms with Crippen LogP contribution in [0.25, 0.3) is 0 Å². The first-order valence-electron chi connectivity index (χ1n) is 9.85. The molecule has 0 radical (unpaired) electrons. The van der Waals surface area contributed by atoms with Gasteiger partial charge < -0.3 is 14.3 Å². The fourth-order valence-corrected chi connectivity index (χ4v) is 3.64. The third kappa shape index (κ3) is 9.13. The Kier molecular flexibility index (Phi) is 13.7. The van der Waals surface area contributed by atoms with Gasteiger partial charge in [0.05, 0.1) is 13.2 Å². The quantitative estimate of drug-likeness (QED) is 0.158. The van der Waals surface area contributed by atoms with Crippen molar-refractivity contribution in [1.29, 1.82) is 0 Å². The molecule has 0 aromatic carbocycles. The number of carbonyl (C=O) groups excluding carboxylic acids is 4. The Bertz CT molecular complexity index is 557. The number of alkyl halides is 1. The van der Waals surface area contributed by atoms with Gasteiger partial charge >= 0.3 is 11.9 Å². The molecule has 0 N–H and O–H groups in total. The molecule has 0 aliphatic heterocycles. The topological polar surface area (TPSA) is 86.7 Å². The number of rotatable bonds is 10. The number of esters is 2. The number of halogens is 1. The molecule has 1 aliphatic carbocycles. The van der Waals surface area contributed by atoms with Gasteiger partial charge in [-0.2, -0.15) is 0 Å². The summed E-state index contributed by atoms with van der Waals surface area (Å²) in [5, 5.41) is 0.387. The van der Waals surface area contributed by atoms with Crippen LogP contribution in [-0.4, -0.2) is 42.0 Å². The molecule has 1 fully saturated rings. The van der Waals surface area contributed by atoms with Gasteiger partial charge in [0.25, 0.3) is 0 Å². The highest BCUT2D eigenvalue weighted by Crippen LogP contribution is 2.36. The first-order chi connectivity index (χ1) is 13.2. The van der Waals surface area contributed by atoms with Gasteiger partial charge in [-0.25, -0.2) is 4.79 Å². The predicted molar refractivity (Wildman–Crippen MR) is 111 cm³/mol. The van der Waals surface area contributed by atoms with Crippen LogP contribution >= 0.6 is 15.9 Å². The smallest absolute Gasteiger partial charge is 0.333 e. The molecule has 160 valence electrons. The van der Waals surface area contributed by atoms with Crippen molar-refractivity contribution in [3.63, 3.8) is 0 Å². The second-order valence-corrected chi connectivity index (χ2v) is 7.36. The number of hydrogen-bond acceptors (Lipinski definition) is 6. The maximum Gasteiger partial charge on any atom is 0.333 e. The lowest BCUT2D eigenvalue weighted by Crippen LogP contribution is -2.44. The summed E-state index contributed by atoms with van der Waals surface area (Å²) in [6.45, 7) is 9.44. The highest BCUT2D eigenvalue weighted by molar-refractivity contribution is 9.09. The van der Waals surface area contributed by atoms with Crippen LogP contribution in [0.5, 0.6) is 0 Å². The maximum absolute atomic E-state index is 11.7. The van der Waals surface area contributed by atoms with Crippen LogP contribution in [0.15, 0.2) is 12.2 Å². The van der Waals surface area contributed by atoms with E-state index in [9.17, 15) is 19.2 Å². The SMILES string of the molecule is C=C(CCCCC(C)=O)C(=O)OCC.CCOC(=O)C1(CBr)CCCCC1=O. The van der Waals surface area contributed by atoms with E-state index < -0.39 is 5.41 Å². The largest absolute Gasteiger partial charge is 0.465 e. The summed E-state index contributed by atoms with van der Waals surface area (Å²) in [5.74, 6) is -0.470. The molecule has 6 nitrogen and oxygen atoms in total. The number of ether oxygens (including phenoxy) is 2. The zero-order chi connectivity index (χ0) is 21.6. The van der Waals surface area contributed by atoms with Gasteiger partial charge in [0.15, 0.2) is 5.78 Å². The van der Waals surface area contributed by atoms with Gasteiger partial charge in [0, 0.05) is 23.7 Å². The Morgan fingerprint density at radius 2 is 1.68 bits per heavy atom. The summed E-state index contributed by atoms with van der Waals surface area (Å²) in [6.07, 6.45) is 5.77. The second-order valence-electron chi connectivity index (χ2n) is 6.80. The minimum atomic E-state index is -0.895. The van der Waals surface area contributed by atoms with E-state index in [0.717, 1.165) is 25.7 Å². The van der Waals surface area contributed by atoms with Crippen LogP contribution in [0.3, 0.4) is 0 Å². The molecule has 1 aliphatic rings. The van der Waals surface area contributed by atoms with E-state index >= 15 is 0 Å². The van der Waals surface area contributed by atoms with Crippen molar-refractivity contribution >= 4 is 39.4 Å². The van der Waals surface area contributed by atoms with E-state index in [-0.39, 0.29) is 23.5 Å². The lowest BCUT2D eigenvalue weighted by molar-refractivity contribution is -0.160. The Morgan fingerprint density at radius 3 is 2.18 bits per heavy atom. The molecule has 28 heavy (non-hydrogen) atoms. The molecule has 1 atom stereocenters. The molecule has 0 bridgehead atoms.